The van der Waals surface area contributed by atoms with Gasteiger partial charge in [-0.2, -0.15) is 0 Å². The number of halogens is 1. The lowest BCUT2D eigenvalue weighted by Crippen LogP contribution is -2.46. The van der Waals surface area contributed by atoms with Crippen LogP contribution < -0.4 is 10.1 Å². The molecule has 27 heavy (non-hydrogen) atoms. The molecule has 0 radical (unpaired) electrons. The molecule has 0 aliphatic carbocycles. The Balaban J connectivity index is 1.48. The molecule has 1 fully saturated rings. The van der Waals surface area contributed by atoms with Crippen LogP contribution in [0.3, 0.4) is 0 Å². The molecule has 5 nitrogen and oxygen atoms in total. The Morgan fingerprint density at radius 3 is 2.33 bits per heavy atom. The van der Waals surface area contributed by atoms with Crippen LogP contribution in [0.2, 0.25) is 0 Å². The number of nitrogens with one attached hydrogen (secondary N) is 1. The van der Waals surface area contributed by atoms with Gasteiger partial charge in [0, 0.05) is 24.7 Å². The number of benzene rings is 2. The van der Waals surface area contributed by atoms with Gasteiger partial charge in [-0.05, 0) is 56.2 Å². The standard InChI is InChI=1S/C21H23FN2O3/c1-15(27-19-9-7-17(22)8-10-19)21(26)24-13-11-16(12-14-24)20(25)23-18-5-3-2-4-6-18/h2-10,15-16H,11-14H2,1H3,(H,23,25)/t15-/m0/s1. The molecule has 1 heterocycles. The van der Waals surface area contributed by atoms with Gasteiger partial charge >= 0.3 is 0 Å². The zero-order valence-corrected chi connectivity index (χ0v) is 15.2. The zero-order valence-electron chi connectivity index (χ0n) is 15.2. The molecule has 0 bridgehead atoms. The number of carbonyl (C=O) groups is 2. The second kappa shape index (κ2) is 8.66. The number of nitrogens with zero attached hydrogens (tertiary/aromatic N) is 1. The van der Waals surface area contributed by atoms with Crippen LogP contribution in [0.15, 0.2) is 54.6 Å². The molecule has 142 valence electrons. The van der Waals surface area contributed by atoms with E-state index in [1.54, 1.807) is 11.8 Å². The van der Waals surface area contributed by atoms with Crippen LogP contribution in [0.4, 0.5) is 10.1 Å². The quantitative estimate of drug-likeness (QED) is 0.877. The van der Waals surface area contributed by atoms with E-state index in [1.165, 1.54) is 24.3 Å². The van der Waals surface area contributed by atoms with E-state index < -0.39 is 6.10 Å². The topological polar surface area (TPSA) is 58.6 Å². The Bertz CT molecular complexity index is 772. The van der Waals surface area contributed by atoms with E-state index in [0.29, 0.717) is 31.7 Å². The molecule has 2 aromatic rings. The Hall–Kier alpha value is -2.89. The number of ether oxygens (including phenoxy) is 1. The molecule has 0 spiro atoms. The third kappa shape index (κ3) is 5.06. The van der Waals surface area contributed by atoms with Crippen molar-refractivity contribution in [3.05, 3.63) is 60.4 Å². The van der Waals surface area contributed by atoms with Crippen LogP contribution in [-0.4, -0.2) is 35.9 Å². The van der Waals surface area contributed by atoms with Crippen molar-refractivity contribution in [3.63, 3.8) is 0 Å². The second-order valence-corrected chi connectivity index (χ2v) is 6.67. The summed E-state index contributed by atoms with van der Waals surface area (Å²) in [5.41, 5.74) is 0.780. The highest BCUT2D eigenvalue weighted by Crippen LogP contribution is 2.21. The van der Waals surface area contributed by atoms with Crippen molar-refractivity contribution in [3.8, 4) is 5.75 Å². The van der Waals surface area contributed by atoms with E-state index in [2.05, 4.69) is 5.32 Å². The zero-order chi connectivity index (χ0) is 19.2. The average molecular weight is 370 g/mol. The van der Waals surface area contributed by atoms with Crippen molar-refractivity contribution < 1.29 is 18.7 Å². The number of carbonyl (C=O) groups excluding carboxylic acids is 2. The van der Waals surface area contributed by atoms with Crippen molar-refractivity contribution in [2.75, 3.05) is 18.4 Å². The molecule has 1 saturated heterocycles. The molecular formula is C21H23FN2O3. The van der Waals surface area contributed by atoms with Gasteiger partial charge in [0.2, 0.25) is 5.91 Å². The fourth-order valence-electron chi connectivity index (χ4n) is 3.15. The molecule has 3 rings (SSSR count). The second-order valence-electron chi connectivity index (χ2n) is 6.67. The number of anilines is 1. The molecule has 1 aliphatic heterocycles. The fraction of sp³-hybridized carbons (Fsp3) is 0.333. The Morgan fingerprint density at radius 2 is 1.70 bits per heavy atom. The van der Waals surface area contributed by atoms with Crippen LogP contribution in [0.5, 0.6) is 5.75 Å². The van der Waals surface area contributed by atoms with Gasteiger partial charge < -0.3 is 15.0 Å². The van der Waals surface area contributed by atoms with E-state index in [9.17, 15) is 14.0 Å². The largest absolute Gasteiger partial charge is 0.481 e. The molecule has 0 saturated carbocycles. The van der Waals surface area contributed by atoms with Crippen molar-refractivity contribution in [2.24, 2.45) is 5.92 Å². The maximum absolute atomic E-state index is 12.9. The van der Waals surface area contributed by atoms with Gasteiger partial charge in [-0.15, -0.1) is 0 Å². The molecular weight excluding hydrogens is 347 g/mol. The number of hydrogen-bond acceptors (Lipinski definition) is 3. The first-order valence-electron chi connectivity index (χ1n) is 9.10. The summed E-state index contributed by atoms with van der Waals surface area (Å²) in [7, 11) is 0. The molecule has 1 N–H and O–H groups in total. The first kappa shape index (κ1) is 18.9. The van der Waals surface area contributed by atoms with Gasteiger partial charge in [-0.25, -0.2) is 4.39 Å². The average Bonchev–Trinajstić information content (AvgIpc) is 2.70. The minimum atomic E-state index is -0.662. The highest BCUT2D eigenvalue weighted by Gasteiger charge is 2.30. The summed E-state index contributed by atoms with van der Waals surface area (Å²) in [6.45, 7) is 2.71. The molecule has 0 aromatic heterocycles. The number of para-hydroxylation sites is 1. The van der Waals surface area contributed by atoms with Gasteiger partial charge in [0.25, 0.3) is 5.91 Å². The van der Waals surface area contributed by atoms with Crippen molar-refractivity contribution in [1.29, 1.82) is 0 Å². The lowest BCUT2D eigenvalue weighted by molar-refractivity contribution is -0.140. The molecule has 1 aliphatic rings. The molecule has 2 amide bonds. The van der Waals surface area contributed by atoms with Crippen LogP contribution >= 0.6 is 0 Å². The Kier molecular flexibility index (Phi) is 6.06. The monoisotopic (exact) mass is 370 g/mol. The van der Waals surface area contributed by atoms with E-state index in [-0.39, 0.29) is 23.5 Å². The summed E-state index contributed by atoms with van der Waals surface area (Å²) in [5.74, 6) is -0.140. The number of amides is 2. The lowest BCUT2D eigenvalue weighted by atomic mass is 9.95. The van der Waals surface area contributed by atoms with Crippen LogP contribution in [0.1, 0.15) is 19.8 Å². The van der Waals surface area contributed by atoms with Gasteiger partial charge in [-0.3, -0.25) is 9.59 Å². The smallest absolute Gasteiger partial charge is 0.263 e. The number of piperidine rings is 1. The highest BCUT2D eigenvalue weighted by atomic mass is 19.1. The maximum Gasteiger partial charge on any atom is 0.263 e. The molecule has 6 heteroatoms. The SMILES string of the molecule is C[C@H](Oc1ccc(F)cc1)C(=O)N1CCC(C(=O)Nc2ccccc2)CC1. The van der Waals surface area contributed by atoms with E-state index in [4.69, 9.17) is 4.74 Å². The third-order valence-electron chi connectivity index (χ3n) is 4.69. The van der Waals surface area contributed by atoms with Crippen molar-refractivity contribution in [2.45, 2.75) is 25.9 Å². The Labute approximate surface area is 158 Å². The van der Waals surface area contributed by atoms with E-state index in [1.807, 2.05) is 30.3 Å². The lowest BCUT2D eigenvalue weighted by Gasteiger charge is -2.33. The van der Waals surface area contributed by atoms with Crippen LogP contribution in [-0.2, 0) is 9.59 Å². The molecule has 2 aromatic carbocycles. The minimum absolute atomic E-state index is 0.0103. The van der Waals surface area contributed by atoms with Gasteiger partial charge in [0.15, 0.2) is 6.10 Å². The summed E-state index contributed by atoms with van der Waals surface area (Å²) in [6, 6.07) is 14.9. The summed E-state index contributed by atoms with van der Waals surface area (Å²) in [6.07, 6.45) is 0.576. The first-order valence-corrected chi connectivity index (χ1v) is 9.10. The van der Waals surface area contributed by atoms with Crippen molar-refractivity contribution >= 4 is 17.5 Å². The number of rotatable bonds is 5. The summed E-state index contributed by atoms with van der Waals surface area (Å²) in [5, 5.41) is 2.92. The van der Waals surface area contributed by atoms with Gasteiger partial charge in [-0.1, -0.05) is 18.2 Å². The summed E-state index contributed by atoms with van der Waals surface area (Å²) in [4.78, 5) is 26.7. The number of hydrogen-bond donors (Lipinski definition) is 1. The molecule has 1 atom stereocenters. The predicted octanol–water partition coefficient (Wildman–Crippen LogP) is 3.47. The number of likely N-dealkylation sites (tertiary alicyclic amines) is 1. The first-order chi connectivity index (χ1) is 13.0. The minimum Gasteiger partial charge on any atom is -0.481 e. The predicted molar refractivity (Wildman–Crippen MR) is 101 cm³/mol. The Morgan fingerprint density at radius 1 is 1.07 bits per heavy atom. The fourth-order valence-corrected chi connectivity index (χ4v) is 3.15. The van der Waals surface area contributed by atoms with Crippen LogP contribution in [0, 0.1) is 11.7 Å². The normalized spacial score (nSPS) is 15.9. The maximum atomic E-state index is 12.9. The summed E-state index contributed by atoms with van der Waals surface area (Å²) >= 11 is 0. The third-order valence-corrected chi connectivity index (χ3v) is 4.69. The summed E-state index contributed by atoms with van der Waals surface area (Å²) < 4.78 is 18.6. The van der Waals surface area contributed by atoms with Crippen molar-refractivity contribution in [1.82, 2.24) is 4.90 Å². The van der Waals surface area contributed by atoms with Crippen LogP contribution in [0.25, 0.3) is 0 Å². The van der Waals surface area contributed by atoms with E-state index >= 15 is 0 Å². The van der Waals surface area contributed by atoms with Gasteiger partial charge in [0.1, 0.15) is 11.6 Å². The molecule has 0 unspecified atom stereocenters. The van der Waals surface area contributed by atoms with Gasteiger partial charge in [0.05, 0.1) is 0 Å². The highest BCUT2D eigenvalue weighted by molar-refractivity contribution is 5.92. The van der Waals surface area contributed by atoms with E-state index in [0.717, 1.165) is 5.69 Å².